The first-order chi connectivity index (χ1) is 18.1. The highest BCUT2D eigenvalue weighted by Crippen LogP contribution is 2.48. The number of H-pyrrole nitrogens is 1. The van der Waals surface area contributed by atoms with Crippen LogP contribution in [0.4, 0.5) is 0 Å². The number of aryl methyl sites for hydroxylation is 3. The van der Waals surface area contributed by atoms with Gasteiger partial charge in [0.05, 0.1) is 11.4 Å². The minimum atomic E-state index is 0.399. The molecule has 1 aliphatic rings. The molecule has 1 saturated heterocycles. The van der Waals surface area contributed by atoms with Gasteiger partial charge >= 0.3 is 0 Å². The van der Waals surface area contributed by atoms with Crippen molar-refractivity contribution >= 4 is 27.2 Å². The van der Waals surface area contributed by atoms with Crippen molar-refractivity contribution in [3.63, 3.8) is 0 Å². The highest BCUT2D eigenvalue weighted by Gasteiger charge is 2.35. The van der Waals surface area contributed by atoms with Crippen molar-refractivity contribution in [1.29, 1.82) is 0 Å². The number of aromatic nitrogens is 7. The second-order valence-corrected chi connectivity index (χ2v) is 12.7. The largest absolute Gasteiger partial charge is 0.346 e. The number of hydrogen-bond acceptors (Lipinski definition) is 6. The second kappa shape index (κ2) is 9.31. The summed E-state index contributed by atoms with van der Waals surface area (Å²) in [6.07, 6.45) is 6.97. The van der Waals surface area contributed by atoms with Gasteiger partial charge in [-0.2, -0.15) is 5.10 Å². The molecule has 1 fully saturated rings. The molecule has 8 nitrogen and oxygen atoms in total. The Morgan fingerprint density at radius 3 is 2.61 bits per heavy atom. The van der Waals surface area contributed by atoms with Crippen molar-refractivity contribution in [2.75, 3.05) is 6.54 Å². The molecule has 6 rings (SSSR count). The van der Waals surface area contributed by atoms with E-state index in [1.165, 1.54) is 43.7 Å². The van der Waals surface area contributed by atoms with Gasteiger partial charge < -0.3 is 4.98 Å². The molecule has 9 heteroatoms. The summed E-state index contributed by atoms with van der Waals surface area (Å²) >= 11 is 1.97. The third-order valence-corrected chi connectivity index (χ3v) is 10.1. The standard InChI is InChI=1S/C29H38N8S/c1-15(2)24-25-20(7)27(22-9-17(4)36(10-16(22)3)12-21-11-35(8)34-33-21)38-29(25)32-26(24)23-13-37-28(30-14-31-37)19(6)18(23)5/h11,13-17,22,32H,9-10,12H2,1-8H3/t16-,17-,22-/m0/s1. The van der Waals surface area contributed by atoms with E-state index in [4.69, 9.17) is 0 Å². The topological polar surface area (TPSA) is 79.9 Å². The summed E-state index contributed by atoms with van der Waals surface area (Å²) in [5.74, 6) is 1.54. The Morgan fingerprint density at radius 1 is 1.11 bits per heavy atom. The van der Waals surface area contributed by atoms with E-state index in [0.29, 0.717) is 23.8 Å². The molecule has 0 spiro atoms. The van der Waals surface area contributed by atoms with Crippen LogP contribution < -0.4 is 0 Å². The molecule has 6 heterocycles. The van der Waals surface area contributed by atoms with Gasteiger partial charge in [0.25, 0.3) is 0 Å². The molecule has 0 amide bonds. The van der Waals surface area contributed by atoms with Crippen LogP contribution in [0.15, 0.2) is 18.7 Å². The van der Waals surface area contributed by atoms with Gasteiger partial charge in [-0.25, -0.2) is 9.50 Å². The zero-order valence-electron chi connectivity index (χ0n) is 23.7. The third-order valence-electron chi connectivity index (χ3n) is 8.71. The smallest absolute Gasteiger partial charge is 0.158 e. The molecule has 0 radical (unpaired) electrons. The van der Waals surface area contributed by atoms with E-state index in [9.17, 15) is 0 Å². The van der Waals surface area contributed by atoms with E-state index in [1.807, 2.05) is 29.1 Å². The van der Waals surface area contributed by atoms with Crippen LogP contribution in [0.1, 0.15) is 78.8 Å². The van der Waals surface area contributed by atoms with Crippen LogP contribution >= 0.6 is 11.3 Å². The number of nitrogens with zero attached hydrogens (tertiary/aromatic N) is 7. The van der Waals surface area contributed by atoms with Gasteiger partial charge in [-0.3, -0.25) is 9.58 Å². The maximum Gasteiger partial charge on any atom is 0.158 e. The molecule has 200 valence electrons. The maximum atomic E-state index is 4.46. The first kappa shape index (κ1) is 25.2. The fourth-order valence-electron chi connectivity index (χ4n) is 6.53. The third kappa shape index (κ3) is 3.98. The zero-order valence-corrected chi connectivity index (χ0v) is 24.5. The number of rotatable bonds is 5. The minimum absolute atomic E-state index is 0.399. The van der Waals surface area contributed by atoms with Gasteiger partial charge in [0.1, 0.15) is 11.2 Å². The summed E-state index contributed by atoms with van der Waals surface area (Å²) in [5, 5.41) is 14.3. The number of aromatic amines is 1. The lowest BCUT2D eigenvalue weighted by molar-refractivity contribution is 0.0994. The minimum Gasteiger partial charge on any atom is -0.346 e. The molecule has 3 atom stereocenters. The Labute approximate surface area is 228 Å². The van der Waals surface area contributed by atoms with E-state index in [2.05, 4.69) is 84.9 Å². The number of nitrogens with one attached hydrogen (secondary N) is 1. The van der Waals surface area contributed by atoms with E-state index in [-0.39, 0.29) is 0 Å². The summed E-state index contributed by atoms with van der Waals surface area (Å²) in [6, 6.07) is 0.498. The van der Waals surface area contributed by atoms with E-state index >= 15 is 0 Å². The van der Waals surface area contributed by atoms with Gasteiger partial charge in [0.2, 0.25) is 0 Å². The summed E-state index contributed by atoms with van der Waals surface area (Å²) in [7, 11) is 1.93. The number of piperidine rings is 1. The molecule has 0 bridgehead atoms. The van der Waals surface area contributed by atoms with Gasteiger partial charge in [-0.05, 0) is 74.1 Å². The van der Waals surface area contributed by atoms with Crippen molar-refractivity contribution in [2.45, 2.75) is 79.3 Å². The van der Waals surface area contributed by atoms with Gasteiger partial charge in [0.15, 0.2) is 5.65 Å². The fourth-order valence-corrected chi connectivity index (χ4v) is 8.01. The normalized spacial score (nSPS) is 20.9. The molecule has 1 N–H and O–H groups in total. The van der Waals surface area contributed by atoms with Crippen LogP contribution in [0.3, 0.4) is 0 Å². The van der Waals surface area contributed by atoms with Gasteiger partial charge in [0, 0.05) is 54.4 Å². The lowest BCUT2D eigenvalue weighted by Crippen LogP contribution is -2.43. The maximum absolute atomic E-state index is 4.46. The number of likely N-dealkylation sites (tertiary alicyclic amines) is 1. The van der Waals surface area contributed by atoms with Crippen molar-refractivity contribution in [1.82, 2.24) is 39.5 Å². The zero-order chi connectivity index (χ0) is 26.9. The quantitative estimate of drug-likeness (QED) is 0.296. The number of hydrogen-bond donors (Lipinski definition) is 1. The molecule has 38 heavy (non-hydrogen) atoms. The molecule has 0 aliphatic carbocycles. The molecule has 0 saturated carbocycles. The summed E-state index contributed by atoms with van der Waals surface area (Å²) in [6.45, 7) is 18.1. The van der Waals surface area contributed by atoms with Gasteiger partial charge in [-0.1, -0.05) is 26.0 Å². The number of pyridine rings is 1. The molecule has 1 aliphatic heterocycles. The molecular weight excluding hydrogens is 492 g/mol. The van der Waals surface area contributed by atoms with E-state index < -0.39 is 0 Å². The average molecular weight is 531 g/mol. The Morgan fingerprint density at radius 2 is 1.89 bits per heavy atom. The van der Waals surface area contributed by atoms with Gasteiger partial charge in [-0.15, -0.1) is 16.4 Å². The Hall–Kier alpha value is -3.04. The molecular formula is C29H38N8S. The van der Waals surface area contributed by atoms with Crippen LogP contribution in [0, 0.1) is 26.7 Å². The lowest BCUT2D eigenvalue weighted by atomic mass is 9.80. The highest BCUT2D eigenvalue weighted by atomic mass is 32.1. The Bertz CT molecular complexity index is 1630. The van der Waals surface area contributed by atoms with Crippen LogP contribution in [-0.2, 0) is 13.6 Å². The average Bonchev–Trinajstić information content (AvgIpc) is 3.64. The van der Waals surface area contributed by atoms with Crippen molar-refractivity contribution < 1.29 is 0 Å². The predicted molar refractivity (Wildman–Crippen MR) is 154 cm³/mol. The SMILES string of the molecule is Cc1c(-c2[nH]c3sc([C@H]4C[C@H](C)N(Cc5cn(C)nn5)C[C@@H]4C)c(C)c3c2C(C)C)cn2ncnc2c1C. The summed E-state index contributed by atoms with van der Waals surface area (Å²) < 4.78 is 3.70. The molecule has 5 aromatic heterocycles. The Kier molecular flexibility index (Phi) is 6.18. The van der Waals surface area contributed by atoms with Crippen molar-refractivity contribution in [2.24, 2.45) is 13.0 Å². The first-order valence-corrected chi connectivity index (χ1v) is 14.5. The summed E-state index contributed by atoms with van der Waals surface area (Å²) in [5.41, 5.74) is 9.74. The predicted octanol–water partition coefficient (Wildman–Crippen LogP) is 6.13. The van der Waals surface area contributed by atoms with Crippen LogP contribution in [0.2, 0.25) is 0 Å². The molecule has 0 aromatic carbocycles. The summed E-state index contributed by atoms with van der Waals surface area (Å²) in [4.78, 5) is 13.8. The van der Waals surface area contributed by atoms with E-state index in [0.717, 1.165) is 30.9 Å². The van der Waals surface area contributed by atoms with Crippen LogP contribution in [0.5, 0.6) is 0 Å². The highest BCUT2D eigenvalue weighted by molar-refractivity contribution is 7.19. The molecule has 0 unspecified atom stereocenters. The number of thiophene rings is 1. The number of fused-ring (bicyclic) bond motifs is 2. The monoisotopic (exact) mass is 530 g/mol. The van der Waals surface area contributed by atoms with Crippen LogP contribution in [-0.4, -0.2) is 52.1 Å². The van der Waals surface area contributed by atoms with Crippen molar-refractivity contribution in [3.8, 4) is 11.3 Å². The van der Waals surface area contributed by atoms with Crippen molar-refractivity contribution in [3.05, 3.63) is 51.5 Å². The Balaban J connectivity index is 1.37. The first-order valence-electron chi connectivity index (χ1n) is 13.7. The van der Waals surface area contributed by atoms with Crippen LogP contribution in [0.25, 0.3) is 27.1 Å². The lowest BCUT2D eigenvalue weighted by Gasteiger charge is -2.41. The molecule has 5 aromatic rings. The fraction of sp³-hybridized carbons (Fsp3) is 0.517. The second-order valence-electron chi connectivity index (χ2n) is 11.7. The van der Waals surface area contributed by atoms with E-state index in [1.54, 1.807) is 15.9 Å².